The van der Waals surface area contributed by atoms with Crippen molar-refractivity contribution in [2.45, 2.75) is 20.3 Å². The van der Waals surface area contributed by atoms with Crippen molar-refractivity contribution in [1.82, 2.24) is 5.32 Å². The first-order chi connectivity index (χ1) is 16.0. The van der Waals surface area contributed by atoms with Crippen molar-refractivity contribution in [3.05, 3.63) is 48.0 Å². The van der Waals surface area contributed by atoms with E-state index in [1.165, 1.54) is 6.92 Å². The van der Waals surface area contributed by atoms with E-state index in [-0.39, 0.29) is 11.8 Å². The number of rotatable bonds is 10. The molecule has 0 atom stereocenters. The first-order valence-electron chi connectivity index (χ1n) is 11.4. The molecular weight excluding hydrogens is 420 g/mol. The summed E-state index contributed by atoms with van der Waals surface area (Å²) in [5.74, 6) is 0.537. The predicted molar refractivity (Wildman–Crippen MR) is 132 cm³/mol. The molecule has 2 amide bonds. The minimum atomic E-state index is -0.170. The van der Waals surface area contributed by atoms with Crippen LogP contribution in [0.25, 0.3) is 0 Å². The van der Waals surface area contributed by atoms with E-state index in [4.69, 9.17) is 9.47 Å². The Morgan fingerprint density at radius 2 is 1.70 bits per heavy atom. The molecule has 1 aliphatic heterocycles. The van der Waals surface area contributed by atoms with Gasteiger partial charge in [0.15, 0.2) is 0 Å². The molecule has 0 aromatic heterocycles. The molecule has 0 spiro atoms. The fourth-order valence-corrected chi connectivity index (χ4v) is 3.97. The molecule has 2 N–H and O–H groups in total. The quantitative estimate of drug-likeness (QED) is 0.537. The van der Waals surface area contributed by atoms with E-state index in [1.54, 1.807) is 13.2 Å². The van der Waals surface area contributed by atoms with Crippen molar-refractivity contribution in [2.24, 2.45) is 0 Å². The Morgan fingerprint density at radius 3 is 2.36 bits per heavy atom. The maximum absolute atomic E-state index is 13.0. The van der Waals surface area contributed by atoms with Crippen molar-refractivity contribution in [1.29, 1.82) is 0 Å². The van der Waals surface area contributed by atoms with Crippen LogP contribution in [0.15, 0.2) is 42.5 Å². The standard InChI is InChI=1S/C25H34N4O4/c1-4-33-17-7-12-26-25(31)21-18-20(27-19(2)30)10-11-22(21)28-13-15-29(16-14-28)23-8-5-6-9-24(23)32-3/h5-6,8-11,18H,4,7,12-17H2,1-3H3,(H,26,31)(H,27,30). The monoisotopic (exact) mass is 454 g/mol. The number of carbonyl (C=O) groups is 2. The number of hydrogen-bond acceptors (Lipinski definition) is 6. The van der Waals surface area contributed by atoms with Crippen LogP contribution in [0.5, 0.6) is 5.75 Å². The number of amides is 2. The van der Waals surface area contributed by atoms with Crippen molar-refractivity contribution < 1.29 is 19.1 Å². The number of nitrogens with one attached hydrogen (secondary N) is 2. The van der Waals surface area contributed by atoms with Crippen LogP contribution in [0.4, 0.5) is 17.1 Å². The molecule has 1 saturated heterocycles. The number of methoxy groups -OCH3 is 1. The lowest BCUT2D eigenvalue weighted by molar-refractivity contribution is -0.114. The van der Waals surface area contributed by atoms with Crippen LogP contribution in [0.2, 0.25) is 0 Å². The minimum absolute atomic E-state index is 0.152. The number of anilines is 3. The highest BCUT2D eigenvalue weighted by Gasteiger charge is 2.23. The molecule has 178 valence electrons. The van der Waals surface area contributed by atoms with Gasteiger partial charge in [0.1, 0.15) is 5.75 Å². The second kappa shape index (κ2) is 12.1. The van der Waals surface area contributed by atoms with Crippen LogP contribution in [0, 0.1) is 0 Å². The average molecular weight is 455 g/mol. The average Bonchev–Trinajstić information content (AvgIpc) is 2.83. The Hall–Kier alpha value is -3.26. The Balaban J connectivity index is 1.73. The second-order valence-electron chi connectivity index (χ2n) is 7.87. The van der Waals surface area contributed by atoms with E-state index >= 15 is 0 Å². The highest BCUT2D eigenvalue weighted by Crippen LogP contribution is 2.31. The van der Waals surface area contributed by atoms with Crippen LogP contribution < -0.4 is 25.2 Å². The fourth-order valence-electron chi connectivity index (χ4n) is 3.97. The third-order valence-electron chi connectivity index (χ3n) is 5.56. The molecule has 8 heteroatoms. The number of piperazine rings is 1. The van der Waals surface area contributed by atoms with Gasteiger partial charge in [-0.25, -0.2) is 0 Å². The van der Waals surface area contributed by atoms with Gasteiger partial charge in [0.2, 0.25) is 5.91 Å². The van der Waals surface area contributed by atoms with Crippen molar-refractivity contribution in [3.63, 3.8) is 0 Å². The molecule has 0 unspecified atom stereocenters. The Bertz CT molecular complexity index is 942. The van der Waals surface area contributed by atoms with Crippen molar-refractivity contribution in [3.8, 4) is 5.75 Å². The molecule has 1 heterocycles. The summed E-state index contributed by atoms with van der Waals surface area (Å²) in [7, 11) is 1.69. The van der Waals surface area contributed by atoms with E-state index in [9.17, 15) is 9.59 Å². The van der Waals surface area contributed by atoms with E-state index in [1.807, 2.05) is 37.3 Å². The highest BCUT2D eigenvalue weighted by molar-refractivity contribution is 6.02. The van der Waals surface area contributed by atoms with E-state index in [0.717, 1.165) is 49.7 Å². The van der Waals surface area contributed by atoms with Crippen LogP contribution in [-0.4, -0.2) is 64.9 Å². The third kappa shape index (κ3) is 6.61. The number of para-hydroxylation sites is 2. The number of nitrogens with zero attached hydrogens (tertiary/aromatic N) is 2. The summed E-state index contributed by atoms with van der Waals surface area (Å²) in [5.41, 5.74) is 3.11. The topological polar surface area (TPSA) is 83.1 Å². The Morgan fingerprint density at radius 1 is 1.00 bits per heavy atom. The molecule has 0 saturated carbocycles. The lowest BCUT2D eigenvalue weighted by Gasteiger charge is -2.38. The lowest BCUT2D eigenvalue weighted by Crippen LogP contribution is -2.47. The lowest BCUT2D eigenvalue weighted by atomic mass is 10.1. The minimum Gasteiger partial charge on any atom is -0.495 e. The van der Waals surface area contributed by atoms with Crippen molar-refractivity contribution in [2.75, 3.05) is 68.2 Å². The normalized spacial score (nSPS) is 13.5. The Kier molecular flexibility index (Phi) is 8.95. The largest absolute Gasteiger partial charge is 0.495 e. The number of hydrogen-bond donors (Lipinski definition) is 2. The summed E-state index contributed by atoms with van der Waals surface area (Å²) >= 11 is 0. The zero-order chi connectivity index (χ0) is 23.6. The van der Waals surface area contributed by atoms with Gasteiger partial charge in [0, 0.05) is 64.2 Å². The molecule has 2 aromatic carbocycles. The van der Waals surface area contributed by atoms with E-state index in [0.29, 0.717) is 31.0 Å². The second-order valence-corrected chi connectivity index (χ2v) is 7.87. The van der Waals surface area contributed by atoms with Crippen molar-refractivity contribution >= 4 is 28.9 Å². The molecule has 0 bridgehead atoms. The molecule has 33 heavy (non-hydrogen) atoms. The third-order valence-corrected chi connectivity index (χ3v) is 5.56. The molecule has 2 aromatic rings. The molecule has 0 radical (unpaired) electrons. The van der Waals surface area contributed by atoms with Crippen LogP contribution in [0.3, 0.4) is 0 Å². The van der Waals surface area contributed by atoms with Crippen LogP contribution in [0.1, 0.15) is 30.6 Å². The van der Waals surface area contributed by atoms with Crippen LogP contribution in [-0.2, 0) is 9.53 Å². The summed E-state index contributed by atoms with van der Waals surface area (Å²) in [4.78, 5) is 29.1. The maximum Gasteiger partial charge on any atom is 0.253 e. The zero-order valence-electron chi connectivity index (χ0n) is 19.7. The van der Waals surface area contributed by atoms with Gasteiger partial charge < -0.3 is 29.9 Å². The van der Waals surface area contributed by atoms with Gasteiger partial charge in [-0.2, -0.15) is 0 Å². The summed E-state index contributed by atoms with van der Waals surface area (Å²) in [6.07, 6.45) is 0.748. The molecule has 8 nitrogen and oxygen atoms in total. The van der Waals surface area contributed by atoms with E-state index < -0.39 is 0 Å². The first-order valence-corrected chi connectivity index (χ1v) is 11.4. The van der Waals surface area contributed by atoms with Gasteiger partial charge in [0.05, 0.1) is 18.4 Å². The molecule has 0 aliphatic carbocycles. The molecular formula is C25H34N4O4. The van der Waals surface area contributed by atoms with Gasteiger partial charge >= 0.3 is 0 Å². The SMILES string of the molecule is CCOCCCNC(=O)c1cc(NC(C)=O)ccc1N1CCN(c2ccccc2OC)CC1. The zero-order valence-corrected chi connectivity index (χ0v) is 19.7. The van der Waals surface area contributed by atoms with Crippen LogP contribution >= 0.6 is 0 Å². The number of benzene rings is 2. The van der Waals surface area contributed by atoms with Gasteiger partial charge in [-0.1, -0.05) is 12.1 Å². The maximum atomic E-state index is 13.0. The number of carbonyl (C=O) groups excluding carboxylic acids is 2. The molecule has 3 rings (SSSR count). The molecule has 1 fully saturated rings. The van der Waals surface area contributed by atoms with Gasteiger partial charge in [-0.3, -0.25) is 9.59 Å². The smallest absolute Gasteiger partial charge is 0.253 e. The Labute approximate surface area is 195 Å². The van der Waals surface area contributed by atoms with Gasteiger partial charge in [-0.15, -0.1) is 0 Å². The van der Waals surface area contributed by atoms with E-state index in [2.05, 4.69) is 26.5 Å². The predicted octanol–water partition coefficient (Wildman–Crippen LogP) is 3.14. The summed E-state index contributed by atoms with van der Waals surface area (Å²) in [5, 5.41) is 5.76. The number of ether oxygens (including phenoxy) is 2. The molecule has 1 aliphatic rings. The fraction of sp³-hybridized carbons (Fsp3) is 0.440. The highest BCUT2D eigenvalue weighted by atomic mass is 16.5. The van der Waals surface area contributed by atoms with Gasteiger partial charge in [-0.05, 0) is 43.7 Å². The first kappa shape index (κ1) is 24.4. The summed E-state index contributed by atoms with van der Waals surface area (Å²) in [6.45, 7) is 8.36. The summed E-state index contributed by atoms with van der Waals surface area (Å²) in [6, 6.07) is 13.5. The summed E-state index contributed by atoms with van der Waals surface area (Å²) < 4.78 is 10.9. The van der Waals surface area contributed by atoms with Gasteiger partial charge in [0.25, 0.3) is 5.91 Å².